The summed E-state index contributed by atoms with van der Waals surface area (Å²) in [6.45, 7) is 0. The van der Waals surface area contributed by atoms with Crippen molar-refractivity contribution >= 4 is 0 Å². The third-order valence-corrected chi connectivity index (χ3v) is 2.20. The third-order valence-electron chi connectivity index (χ3n) is 2.20. The van der Waals surface area contributed by atoms with Crippen LogP contribution in [0.25, 0.3) is 0 Å². The summed E-state index contributed by atoms with van der Waals surface area (Å²) < 4.78 is 0. The van der Waals surface area contributed by atoms with E-state index in [2.05, 4.69) is 6.07 Å². The molecular weight excluding hydrogens is 124 g/mol. The van der Waals surface area contributed by atoms with Gasteiger partial charge in [-0.05, 0) is 25.7 Å². The van der Waals surface area contributed by atoms with Crippen LogP contribution < -0.4 is 5.73 Å². The molecule has 0 aromatic rings. The highest BCUT2D eigenvalue weighted by molar-refractivity contribution is 4.85. The summed E-state index contributed by atoms with van der Waals surface area (Å²) in [5, 5.41) is 8.61. The van der Waals surface area contributed by atoms with Crippen molar-refractivity contribution in [3.8, 4) is 6.07 Å². The van der Waals surface area contributed by atoms with Crippen molar-refractivity contribution in [2.45, 2.75) is 38.1 Å². The number of nitriles is 1. The van der Waals surface area contributed by atoms with Gasteiger partial charge in [-0.2, -0.15) is 5.26 Å². The predicted molar refractivity (Wildman–Crippen MR) is 40.2 cm³/mol. The molecule has 1 rings (SSSR count). The van der Waals surface area contributed by atoms with Crippen molar-refractivity contribution in [3.63, 3.8) is 0 Å². The standard InChI is InChI=1S/C8H14N2/c9-6-7-2-1-3-8(10)5-4-7/h7-8H,1-5,10H2. The van der Waals surface area contributed by atoms with Crippen LogP contribution >= 0.6 is 0 Å². The minimum Gasteiger partial charge on any atom is -0.328 e. The van der Waals surface area contributed by atoms with Gasteiger partial charge in [0.25, 0.3) is 0 Å². The molecule has 2 unspecified atom stereocenters. The van der Waals surface area contributed by atoms with Crippen molar-refractivity contribution in [1.82, 2.24) is 0 Å². The predicted octanol–water partition coefficient (Wildman–Crippen LogP) is 1.42. The van der Waals surface area contributed by atoms with E-state index < -0.39 is 0 Å². The molecule has 10 heavy (non-hydrogen) atoms. The molecule has 0 saturated heterocycles. The monoisotopic (exact) mass is 138 g/mol. The first kappa shape index (κ1) is 7.56. The Morgan fingerprint density at radius 2 is 2.00 bits per heavy atom. The summed E-state index contributed by atoms with van der Waals surface area (Å²) in [6, 6.07) is 2.67. The Bertz CT molecular complexity index is 137. The van der Waals surface area contributed by atoms with Crippen molar-refractivity contribution in [3.05, 3.63) is 0 Å². The van der Waals surface area contributed by atoms with Crippen LogP contribution in [-0.2, 0) is 0 Å². The second-order valence-corrected chi connectivity index (χ2v) is 3.09. The Labute approximate surface area is 62.0 Å². The van der Waals surface area contributed by atoms with Crippen LogP contribution in [0.4, 0.5) is 0 Å². The van der Waals surface area contributed by atoms with Gasteiger partial charge in [-0.15, -0.1) is 0 Å². The maximum Gasteiger partial charge on any atom is 0.0655 e. The molecule has 0 aromatic carbocycles. The molecule has 0 radical (unpaired) electrons. The molecule has 0 aromatic heterocycles. The molecule has 1 fully saturated rings. The molecule has 2 atom stereocenters. The molecule has 2 heteroatoms. The minimum absolute atomic E-state index is 0.286. The third kappa shape index (κ3) is 2.00. The van der Waals surface area contributed by atoms with E-state index in [1.54, 1.807) is 0 Å². The lowest BCUT2D eigenvalue weighted by Crippen LogP contribution is -2.17. The number of rotatable bonds is 0. The van der Waals surface area contributed by atoms with Gasteiger partial charge in [0.15, 0.2) is 0 Å². The first-order valence-electron chi connectivity index (χ1n) is 3.98. The number of nitrogens with zero attached hydrogens (tertiary/aromatic N) is 1. The number of nitrogens with two attached hydrogens (primary N) is 1. The van der Waals surface area contributed by atoms with Crippen molar-refractivity contribution < 1.29 is 0 Å². The molecule has 0 spiro atoms. The second kappa shape index (κ2) is 3.58. The quantitative estimate of drug-likeness (QED) is 0.514. The van der Waals surface area contributed by atoms with Crippen LogP contribution in [0.1, 0.15) is 32.1 Å². The highest BCUT2D eigenvalue weighted by atomic mass is 14.6. The smallest absolute Gasteiger partial charge is 0.0655 e. The average molecular weight is 138 g/mol. The first-order valence-corrected chi connectivity index (χ1v) is 3.98. The molecule has 0 aliphatic heterocycles. The van der Waals surface area contributed by atoms with Crippen molar-refractivity contribution in [2.24, 2.45) is 11.7 Å². The molecule has 56 valence electrons. The maximum absolute atomic E-state index is 8.61. The van der Waals surface area contributed by atoms with Gasteiger partial charge in [-0.1, -0.05) is 6.42 Å². The SMILES string of the molecule is N#CC1CCCC(N)CC1. The van der Waals surface area contributed by atoms with E-state index in [0.29, 0.717) is 6.04 Å². The fourth-order valence-electron chi connectivity index (χ4n) is 1.46. The fraction of sp³-hybridized carbons (Fsp3) is 0.875. The van der Waals surface area contributed by atoms with Crippen LogP contribution in [0.15, 0.2) is 0 Å². The molecule has 2 N–H and O–H groups in total. The van der Waals surface area contributed by atoms with Gasteiger partial charge in [0.2, 0.25) is 0 Å². The molecule has 1 saturated carbocycles. The summed E-state index contributed by atoms with van der Waals surface area (Å²) in [4.78, 5) is 0. The zero-order chi connectivity index (χ0) is 7.40. The Hall–Kier alpha value is -0.550. The minimum atomic E-state index is 0.286. The molecule has 0 bridgehead atoms. The van der Waals surface area contributed by atoms with E-state index in [4.69, 9.17) is 11.0 Å². The summed E-state index contributed by atoms with van der Waals surface area (Å²) >= 11 is 0. The summed E-state index contributed by atoms with van der Waals surface area (Å²) in [6.07, 6.45) is 5.36. The number of hydrogen-bond acceptors (Lipinski definition) is 2. The summed E-state index contributed by atoms with van der Waals surface area (Å²) in [7, 11) is 0. The highest BCUT2D eigenvalue weighted by Gasteiger charge is 2.14. The molecule has 0 heterocycles. The van der Waals surface area contributed by atoms with Crippen LogP contribution in [0.5, 0.6) is 0 Å². The zero-order valence-electron chi connectivity index (χ0n) is 6.21. The number of hydrogen-bond donors (Lipinski definition) is 1. The Balaban J connectivity index is 2.35. The van der Waals surface area contributed by atoms with E-state index in [9.17, 15) is 0 Å². The molecule has 1 aliphatic carbocycles. The van der Waals surface area contributed by atoms with Crippen molar-refractivity contribution in [1.29, 1.82) is 5.26 Å². The lowest BCUT2D eigenvalue weighted by Gasteiger charge is -2.04. The summed E-state index contributed by atoms with van der Waals surface area (Å²) in [5.41, 5.74) is 5.74. The van der Waals surface area contributed by atoms with Gasteiger partial charge in [0, 0.05) is 12.0 Å². The van der Waals surface area contributed by atoms with E-state index in [0.717, 1.165) is 32.1 Å². The van der Waals surface area contributed by atoms with Gasteiger partial charge in [-0.25, -0.2) is 0 Å². The lowest BCUT2D eigenvalue weighted by atomic mass is 10.0. The van der Waals surface area contributed by atoms with Gasteiger partial charge >= 0.3 is 0 Å². The van der Waals surface area contributed by atoms with Gasteiger partial charge in [-0.3, -0.25) is 0 Å². The largest absolute Gasteiger partial charge is 0.328 e. The molecular formula is C8H14N2. The first-order chi connectivity index (χ1) is 4.83. The van der Waals surface area contributed by atoms with Crippen LogP contribution in [0.2, 0.25) is 0 Å². The fourth-order valence-corrected chi connectivity index (χ4v) is 1.46. The average Bonchev–Trinajstić information content (AvgIpc) is 2.14. The second-order valence-electron chi connectivity index (χ2n) is 3.09. The van der Waals surface area contributed by atoms with Crippen LogP contribution in [0, 0.1) is 17.2 Å². The van der Waals surface area contributed by atoms with Crippen LogP contribution in [0.3, 0.4) is 0 Å². The van der Waals surface area contributed by atoms with E-state index in [-0.39, 0.29) is 5.92 Å². The molecule has 0 amide bonds. The van der Waals surface area contributed by atoms with Gasteiger partial charge in [0.1, 0.15) is 0 Å². The molecule has 1 aliphatic rings. The lowest BCUT2D eigenvalue weighted by molar-refractivity contribution is 0.556. The normalized spacial score (nSPS) is 34.4. The Morgan fingerprint density at radius 1 is 1.20 bits per heavy atom. The van der Waals surface area contributed by atoms with Crippen LogP contribution in [-0.4, -0.2) is 6.04 Å². The topological polar surface area (TPSA) is 49.8 Å². The molecule has 2 nitrogen and oxygen atoms in total. The summed E-state index contributed by atoms with van der Waals surface area (Å²) in [5.74, 6) is 0.286. The van der Waals surface area contributed by atoms with E-state index in [1.165, 1.54) is 0 Å². The van der Waals surface area contributed by atoms with E-state index in [1.807, 2.05) is 0 Å². The zero-order valence-corrected chi connectivity index (χ0v) is 6.21. The Morgan fingerprint density at radius 3 is 2.70 bits per heavy atom. The Kier molecular flexibility index (Phi) is 2.70. The van der Waals surface area contributed by atoms with Gasteiger partial charge in [0.05, 0.1) is 6.07 Å². The van der Waals surface area contributed by atoms with E-state index >= 15 is 0 Å². The highest BCUT2D eigenvalue weighted by Crippen LogP contribution is 2.21. The van der Waals surface area contributed by atoms with Gasteiger partial charge < -0.3 is 5.73 Å². The maximum atomic E-state index is 8.61. The van der Waals surface area contributed by atoms with Crippen molar-refractivity contribution in [2.75, 3.05) is 0 Å².